The van der Waals surface area contributed by atoms with E-state index in [-0.39, 0.29) is 0 Å². The third kappa shape index (κ3) is 2.03. The molecule has 1 aliphatic heterocycles. The van der Waals surface area contributed by atoms with E-state index < -0.39 is 0 Å². The standard InChI is InChI=1S/C19H21N3/c1-4-14(13-8-9-13)12-15(5-1)18-16-6-2-7-17(16)20-19(21-18)22-10-3-11-22/h1,4-5,12-13H,2-3,6-11H2. The van der Waals surface area contributed by atoms with E-state index in [9.17, 15) is 0 Å². The Kier molecular flexibility index (Phi) is 2.76. The Morgan fingerprint density at radius 3 is 2.68 bits per heavy atom. The molecule has 0 unspecified atom stereocenters. The summed E-state index contributed by atoms with van der Waals surface area (Å²) >= 11 is 0. The molecule has 22 heavy (non-hydrogen) atoms. The van der Waals surface area contributed by atoms with Crippen molar-refractivity contribution in [1.29, 1.82) is 0 Å². The van der Waals surface area contributed by atoms with Crippen molar-refractivity contribution in [3.8, 4) is 11.3 Å². The molecule has 1 saturated carbocycles. The molecule has 0 radical (unpaired) electrons. The highest BCUT2D eigenvalue weighted by atomic mass is 15.3. The molecular weight excluding hydrogens is 270 g/mol. The molecule has 2 fully saturated rings. The lowest BCUT2D eigenvalue weighted by Gasteiger charge is -2.31. The molecule has 3 aliphatic rings. The van der Waals surface area contributed by atoms with Gasteiger partial charge in [0.2, 0.25) is 5.95 Å². The van der Waals surface area contributed by atoms with Gasteiger partial charge in [-0.05, 0) is 56.1 Å². The Morgan fingerprint density at radius 2 is 1.91 bits per heavy atom. The minimum Gasteiger partial charge on any atom is -0.341 e. The Hall–Kier alpha value is -1.90. The van der Waals surface area contributed by atoms with E-state index in [0.717, 1.165) is 37.8 Å². The second-order valence-electron chi connectivity index (χ2n) is 6.89. The molecular formula is C19H21N3. The van der Waals surface area contributed by atoms with Gasteiger partial charge in [-0.1, -0.05) is 18.2 Å². The van der Waals surface area contributed by atoms with Crippen LogP contribution in [0.25, 0.3) is 11.3 Å². The summed E-state index contributed by atoms with van der Waals surface area (Å²) in [6.45, 7) is 2.22. The van der Waals surface area contributed by atoms with Gasteiger partial charge in [0.15, 0.2) is 0 Å². The molecule has 112 valence electrons. The molecule has 2 aliphatic carbocycles. The van der Waals surface area contributed by atoms with Gasteiger partial charge in [0.05, 0.1) is 5.69 Å². The zero-order chi connectivity index (χ0) is 14.5. The van der Waals surface area contributed by atoms with E-state index in [2.05, 4.69) is 29.2 Å². The highest BCUT2D eigenvalue weighted by Gasteiger charge is 2.26. The largest absolute Gasteiger partial charge is 0.341 e. The number of anilines is 1. The zero-order valence-electron chi connectivity index (χ0n) is 12.9. The van der Waals surface area contributed by atoms with E-state index in [1.54, 1.807) is 0 Å². The van der Waals surface area contributed by atoms with Crippen LogP contribution in [0.4, 0.5) is 5.95 Å². The molecule has 2 heterocycles. The van der Waals surface area contributed by atoms with Crippen LogP contribution in [0, 0.1) is 0 Å². The van der Waals surface area contributed by atoms with E-state index in [1.165, 1.54) is 53.8 Å². The molecule has 1 aromatic carbocycles. The Labute approximate surface area is 131 Å². The van der Waals surface area contributed by atoms with Gasteiger partial charge in [-0.15, -0.1) is 0 Å². The molecule has 1 aromatic heterocycles. The number of aromatic nitrogens is 2. The van der Waals surface area contributed by atoms with Crippen molar-refractivity contribution in [1.82, 2.24) is 9.97 Å². The predicted octanol–water partition coefficient (Wildman–Crippen LogP) is 3.72. The molecule has 0 atom stereocenters. The average Bonchev–Trinajstić information content (AvgIpc) is 3.23. The van der Waals surface area contributed by atoms with Gasteiger partial charge in [0.1, 0.15) is 0 Å². The number of aryl methyl sites for hydroxylation is 1. The van der Waals surface area contributed by atoms with Gasteiger partial charge in [0.25, 0.3) is 0 Å². The molecule has 1 saturated heterocycles. The fourth-order valence-electron chi connectivity index (χ4n) is 3.67. The Bertz CT molecular complexity index is 729. The second-order valence-corrected chi connectivity index (χ2v) is 6.89. The maximum absolute atomic E-state index is 4.97. The van der Waals surface area contributed by atoms with Crippen LogP contribution >= 0.6 is 0 Å². The Morgan fingerprint density at radius 1 is 1.00 bits per heavy atom. The van der Waals surface area contributed by atoms with Crippen LogP contribution in [0.3, 0.4) is 0 Å². The first-order valence-electron chi connectivity index (χ1n) is 8.63. The van der Waals surface area contributed by atoms with Gasteiger partial charge in [0, 0.05) is 29.9 Å². The van der Waals surface area contributed by atoms with Crippen LogP contribution in [-0.2, 0) is 12.8 Å². The van der Waals surface area contributed by atoms with Crippen molar-refractivity contribution in [2.75, 3.05) is 18.0 Å². The smallest absolute Gasteiger partial charge is 0.226 e. The molecule has 0 N–H and O–H groups in total. The van der Waals surface area contributed by atoms with E-state index >= 15 is 0 Å². The first-order valence-corrected chi connectivity index (χ1v) is 8.63. The van der Waals surface area contributed by atoms with Crippen LogP contribution in [0.1, 0.15) is 48.4 Å². The van der Waals surface area contributed by atoms with Gasteiger partial charge in [-0.25, -0.2) is 9.97 Å². The molecule has 0 amide bonds. The first-order chi connectivity index (χ1) is 10.9. The molecule has 5 rings (SSSR count). The summed E-state index contributed by atoms with van der Waals surface area (Å²) in [6, 6.07) is 9.08. The topological polar surface area (TPSA) is 29.0 Å². The molecule has 3 nitrogen and oxygen atoms in total. The highest BCUT2D eigenvalue weighted by molar-refractivity contribution is 5.67. The lowest BCUT2D eigenvalue weighted by molar-refractivity contribution is 0.599. The maximum atomic E-state index is 4.97. The third-order valence-corrected chi connectivity index (χ3v) is 5.27. The van der Waals surface area contributed by atoms with Crippen molar-refractivity contribution in [2.45, 2.75) is 44.4 Å². The van der Waals surface area contributed by atoms with E-state index in [4.69, 9.17) is 9.97 Å². The summed E-state index contributed by atoms with van der Waals surface area (Å²) in [5, 5.41) is 0. The minimum absolute atomic E-state index is 0.796. The minimum atomic E-state index is 0.796. The van der Waals surface area contributed by atoms with E-state index in [0.29, 0.717) is 0 Å². The fourth-order valence-corrected chi connectivity index (χ4v) is 3.67. The molecule has 3 heteroatoms. The zero-order valence-corrected chi connectivity index (χ0v) is 12.9. The van der Waals surface area contributed by atoms with Gasteiger partial charge in [-0.3, -0.25) is 0 Å². The van der Waals surface area contributed by atoms with Crippen molar-refractivity contribution < 1.29 is 0 Å². The summed E-state index contributed by atoms with van der Waals surface area (Å²) < 4.78 is 0. The summed E-state index contributed by atoms with van der Waals surface area (Å²) in [5.41, 5.74) is 6.69. The van der Waals surface area contributed by atoms with Gasteiger partial charge >= 0.3 is 0 Å². The van der Waals surface area contributed by atoms with Crippen molar-refractivity contribution in [2.24, 2.45) is 0 Å². The average molecular weight is 291 g/mol. The quantitative estimate of drug-likeness (QED) is 0.863. The first kappa shape index (κ1) is 12.6. The molecule has 0 bridgehead atoms. The maximum Gasteiger partial charge on any atom is 0.226 e. The Balaban J connectivity index is 1.63. The van der Waals surface area contributed by atoms with Crippen molar-refractivity contribution in [3.05, 3.63) is 41.1 Å². The number of hydrogen-bond acceptors (Lipinski definition) is 3. The lowest BCUT2D eigenvalue weighted by atomic mass is 10.0. The predicted molar refractivity (Wildman–Crippen MR) is 88.3 cm³/mol. The second kappa shape index (κ2) is 4.80. The van der Waals surface area contributed by atoms with Gasteiger partial charge < -0.3 is 4.90 Å². The van der Waals surface area contributed by atoms with Crippen LogP contribution in [-0.4, -0.2) is 23.1 Å². The number of benzene rings is 1. The molecule has 0 spiro atoms. The SMILES string of the molecule is c1cc(-c2nc(N3CCC3)nc3c2CCC3)cc(C2CC2)c1. The van der Waals surface area contributed by atoms with E-state index in [1.807, 2.05) is 0 Å². The number of fused-ring (bicyclic) bond motifs is 1. The summed E-state index contributed by atoms with van der Waals surface area (Å²) in [6.07, 6.45) is 7.46. The molecule has 2 aromatic rings. The summed E-state index contributed by atoms with van der Waals surface area (Å²) in [4.78, 5) is 12.1. The third-order valence-electron chi connectivity index (χ3n) is 5.27. The van der Waals surface area contributed by atoms with Crippen molar-refractivity contribution in [3.63, 3.8) is 0 Å². The van der Waals surface area contributed by atoms with Crippen molar-refractivity contribution >= 4 is 5.95 Å². The van der Waals surface area contributed by atoms with Crippen LogP contribution in [0.2, 0.25) is 0 Å². The fraction of sp³-hybridized carbons (Fsp3) is 0.474. The van der Waals surface area contributed by atoms with Gasteiger partial charge in [-0.2, -0.15) is 0 Å². The lowest BCUT2D eigenvalue weighted by Crippen LogP contribution is -2.38. The number of nitrogens with zero attached hydrogens (tertiary/aromatic N) is 3. The van der Waals surface area contributed by atoms with Crippen LogP contribution in [0.5, 0.6) is 0 Å². The summed E-state index contributed by atoms with van der Waals surface area (Å²) in [5.74, 6) is 1.75. The van der Waals surface area contributed by atoms with Crippen LogP contribution in [0.15, 0.2) is 24.3 Å². The number of hydrogen-bond donors (Lipinski definition) is 0. The monoisotopic (exact) mass is 291 g/mol. The highest BCUT2D eigenvalue weighted by Crippen LogP contribution is 2.41. The normalized spacial score (nSPS) is 19.9. The summed E-state index contributed by atoms with van der Waals surface area (Å²) in [7, 11) is 0. The van der Waals surface area contributed by atoms with Crippen LogP contribution < -0.4 is 4.90 Å². The number of rotatable bonds is 3.